The summed E-state index contributed by atoms with van der Waals surface area (Å²) in [6.07, 6.45) is 8.06. The number of imidazole rings is 1. The number of fused-ring (bicyclic) bond motifs is 2. The van der Waals surface area contributed by atoms with E-state index in [4.69, 9.17) is 5.10 Å². The van der Waals surface area contributed by atoms with Crippen LogP contribution in [0.2, 0.25) is 0 Å². The number of H-pyrrole nitrogens is 1. The van der Waals surface area contributed by atoms with Crippen LogP contribution in [0.1, 0.15) is 28.7 Å². The minimum atomic E-state index is -0.0693. The number of pyridine rings is 1. The first-order chi connectivity index (χ1) is 14.8. The second-order valence-corrected chi connectivity index (χ2v) is 7.54. The first-order valence-electron chi connectivity index (χ1n) is 9.98. The molecule has 0 saturated heterocycles. The zero-order valence-corrected chi connectivity index (χ0v) is 16.5. The Morgan fingerprint density at radius 3 is 2.77 bits per heavy atom. The van der Waals surface area contributed by atoms with Gasteiger partial charge in [-0.2, -0.15) is 20.1 Å². The van der Waals surface area contributed by atoms with Crippen molar-refractivity contribution < 1.29 is 0 Å². The molecule has 0 fully saturated rings. The largest absolute Gasteiger partial charge is 0.357 e. The van der Waals surface area contributed by atoms with Gasteiger partial charge >= 0.3 is 0 Å². The van der Waals surface area contributed by atoms with Crippen molar-refractivity contribution in [2.45, 2.75) is 19.4 Å². The van der Waals surface area contributed by atoms with Gasteiger partial charge in [-0.15, -0.1) is 0 Å². The Balaban J connectivity index is 1.50. The number of hydrogen-bond donors (Lipinski definition) is 1. The molecule has 0 amide bonds. The van der Waals surface area contributed by atoms with Crippen LogP contribution in [0.3, 0.4) is 0 Å². The molecule has 0 bridgehead atoms. The second-order valence-electron chi connectivity index (χ2n) is 7.54. The molecule has 1 aliphatic heterocycles. The molecule has 1 aromatic carbocycles. The minimum Gasteiger partial charge on any atom is -0.357 e. The molecule has 1 N–H and O–H groups in total. The van der Waals surface area contributed by atoms with Crippen molar-refractivity contribution >= 4 is 11.2 Å². The Hall–Kier alpha value is -3.94. The maximum absolute atomic E-state index is 4.91. The van der Waals surface area contributed by atoms with Gasteiger partial charge in [0.05, 0.1) is 41.3 Å². The molecular weight excluding hydrogens is 376 g/mol. The van der Waals surface area contributed by atoms with Crippen molar-refractivity contribution in [1.29, 1.82) is 0 Å². The van der Waals surface area contributed by atoms with Crippen LogP contribution in [0, 0.1) is 6.92 Å². The summed E-state index contributed by atoms with van der Waals surface area (Å²) in [5.41, 5.74) is 7.53. The third kappa shape index (κ3) is 2.61. The standard InChI is InChI=1S/C22H20N8/c1-15-4-3-10-29-20(15)13-19(27-29)22-21-18(23-14-24-21)7-11-28(22)16-5-2-6-17(12-16)30-25-8-9-26-30/h2-6,8-10,12-14,22H,7,11H2,1H3,(H,23,24)/t22-/m1/s1. The van der Waals surface area contributed by atoms with Gasteiger partial charge in [0, 0.05) is 30.5 Å². The molecule has 0 saturated carbocycles. The van der Waals surface area contributed by atoms with Crippen LogP contribution in [0.15, 0.2) is 67.4 Å². The van der Waals surface area contributed by atoms with E-state index in [1.807, 2.05) is 28.9 Å². The van der Waals surface area contributed by atoms with Gasteiger partial charge in [0.25, 0.3) is 0 Å². The highest BCUT2D eigenvalue weighted by Gasteiger charge is 2.33. The predicted molar refractivity (Wildman–Crippen MR) is 113 cm³/mol. The number of aryl methyl sites for hydroxylation is 1. The van der Waals surface area contributed by atoms with Gasteiger partial charge in [0.15, 0.2) is 0 Å². The molecule has 8 heteroatoms. The molecule has 5 aromatic rings. The van der Waals surface area contributed by atoms with Gasteiger partial charge in [-0.25, -0.2) is 9.50 Å². The Bertz CT molecular complexity index is 1330. The first-order valence-corrected chi connectivity index (χ1v) is 9.98. The van der Waals surface area contributed by atoms with Crippen LogP contribution < -0.4 is 4.90 Å². The summed E-state index contributed by atoms with van der Waals surface area (Å²) < 4.78 is 1.95. The molecule has 0 unspecified atom stereocenters. The van der Waals surface area contributed by atoms with Gasteiger partial charge < -0.3 is 9.88 Å². The molecule has 8 nitrogen and oxygen atoms in total. The minimum absolute atomic E-state index is 0.0693. The molecular formula is C22H20N8. The summed E-state index contributed by atoms with van der Waals surface area (Å²) >= 11 is 0. The van der Waals surface area contributed by atoms with Gasteiger partial charge in [0.2, 0.25) is 0 Å². The molecule has 5 heterocycles. The highest BCUT2D eigenvalue weighted by molar-refractivity contribution is 5.60. The molecule has 0 aliphatic carbocycles. The molecule has 6 rings (SSSR count). The summed E-state index contributed by atoms with van der Waals surface area (Å²) in [4.78, 5) is 12.0. The zero-order valence-electron chi connectivity index (χ0n) is 16.5. The SMILES string of the molecule is Cc1cccn2nc([C@@H]3c4nc[nH]c4CCN3c3cccc(-n4nccn4)c3)cc12. The van der Waals surface area contributed by atoms with Crippen molar-refractivity contribution in [3.8, 4) is 5.69 Å². The van der Waals surface area contributed by atoms with E-state index >= 15 is 0 Å². The average Bonchev–Trinajstić information content (AvgIpc) is 3.53. The molecule has 0 radical (unpaired) electrons. The summed E-state index contributed by atoms with van der Waals surface area (Å²) in [7, 11) is 0. The van der Waals surface area contributed by atoms with E-state index < -0.39 is 0 Å². The van der Waals surface area contributed by atoms with Gasteiger partial charge in [-0.05, 0) is 42.8 Å². The van der Waals surface area contributed by atoms with E-state index in [1.54, 1.807) is 23.5 Å². The van der Waals surface area contributed by atoms with Crippen molar-refractivity contribution in [3.05, 3.63) is 90.0 Å². The average molecular weight is 396 g/mol. The lowest BCUT2D eigenvalue weighted by atomic mass is 9.98. The quantitative estimate of drug-likeness (QED) is 0.507. The van der Waals surface area contributed by atoms with E-state index in [0.717, 1.165) is 41.2 Å². The fraction of sp³-hybridized carbons (Fsp3) is 0.182. The fourth-order valence-corrected chi connectivity index (χ4v) is 4.31. The van der Waals surface area contributed by atoms with Crippen LogP contribution >= 0.6 is 0 Å². The maximum Gasteiger partial charge on any atom is 0.117 e. The Labute approximate surface area is 172 Å². The van der Waals surface area contributed by atoms with Crippen molar-refractivity contribution in [2.75, 3.05) is 11.4 Å². The van der Waals surface area contributed by atoms with Gasteiger partial charge in [0.1, 0.15) is 6.04 Å². The van der Waals surface area contributed by atoms with E-state index in [-0.39, 0.29) is 6.04 Å². The molecule has 1 atom stereocenters. The predicted octanol–water partition coefficient (Wildman–Crippen LogP) is 3.10. The maximum atomic E-state index is 4.91. The molecule has 1 aliphatic rings. The topological polar surface area (TPSA) is 79.9 Å². The van der Waals surface area contributed by atoms with Crippen LogP contribution in [0.25, 0.3) is 11.2 Å². The van der Waals surface area contributed by atoms with Crippen LogP contribution in [0.5, 0.6) is 0 Å². The van der Waals surface area contributed by atoms with Crippen molar-refractivity contribution in [2.24, 2.45) is 0 Å². The van der Waals surface area contributed by atoms with Gasteiger partial charge in [-0.1, -0.05) is 12.1 Å². The fourth-order valence-electron chi connectivity index (χ4n) is 4.31. The Morgan fingerprint density at radius 1 is 1.03 bits per heavy atom. The van der Waals surface area contributed by atoms with Gasteiger partial charge in [-0.3, -0.25) is 0 Å². The summed E-state index contributed by atoms with van der Waals surface area (Å²) in [6, 6.07) is 14.5. The Kier molecular flexibility index (Phi) is 3.70. The monoisotopic (exact) mass is 396 g/mol. The summed E-state index contributed by atoms with van der Waals surface area (Å²) in [5, 5.41) is 13.5. The highest BCUT2D eigenvalue weighted by Crippen LogP contribution is 2.37. The number of nitrogens with one attached hydrogen (secondary N) is 1. The summed E-state index contributed by atoms with van der Waals surface area (Å²) in [6.45, 7) is 2.97. The number of aromatic amines is 1. The lowest BCUT2D eigenvalue weighted by Gasteiger charge is -2.36. The molecule has 148 valence electrons. The lowest BCUT2D eigenvalue weighted by molar-refractivity contribution is 0.616. The second kappa shape index (κ2) is 6.55. The molecule has 30 heavy (non-hydrogen) atoms. The third-order valence-corrected chi connectivity index (χ3v) is 5.75. The number of nitrogens with zero attached hydrogens (tertiary/aromatic N) is 7. The third-order valence-electron chi connectivity index (χ3n) is 5.75. The molecule has 4 aromatic heterocycles. The lowest BCUT2D eigenvalue weighted by Crippen LogP contribution is -2.36. The van der Waals surface area contributed by atoms with Crippen LogP contribution in [0.4, 0.5) is 5.69 Å². The normalized spacial score (nSPS) is 16.2. The number of hydrogen-bond acceptors (Lipinski definition) is 5. The zero-order chi connectivity index (χ0) is 20.1. The van der Waals surface area contributed by atoms with Crippen molar-refractivity contribution in [3.63, 3.8) is 0 Å². The summed E-state index contributed by atoms with van der Waals surface area (Å²) in [5.74, 6) is 0. The Morgan fingerprint density at radius 2 is 1.90 bits per heavy atom. The van der Waals surface area contributed by atoms with E-state index in [2.05, 4.69) is 56.3 Å². The first kappa shape index (κ1) is 17.0. The van der Waals surface area contributed by atoms with E-state index in [0.29, 0.717) is 0 Å². The van der Waals surface area contributed by atoms with Crippen LogP contribution in [-0.2, 0) is 6.42 Å². The number of rotatable bonds is 3. The van der Waals surface area contributed by atoms with E-state index in [1.165, 1.54) is 11.3 Å². The molecule has 0 spiro atoms. The number of benzene rings is 1. The van der Waals surface area contributed by atoms with Crippen molar-refractivity contribution in [1.82, 2.24) is 34.6 Å². The number of anilines is 1. The van der Waals surface area contributed by atoms with E-state index in [9.17, 15) is 0 Å². The van der Waals surface area contributed by atoms with Crippen LogP contribution in [-0.4, -0.2) is 41.1 Å². The number of aromatic nitrogens is 7. The smallest absolute Gasteiger partial charge is 0.117 e. The highest BCUT2D eigenvalue weighted by atomic mass is 15.5.